The average Bonchev–Trinajstić information content (AvgIpc) is 2.16. The predicted octanol–water partition coefficient (Wildman–Crippen LogP) is 1.86. The molecule has 0 unspecified atom stereocenters. The number of alkyl halides is 1. The Morgan fingerprint density at radius 1 is 1.67 bits per heavy atom. The van der Waals surface area contributed by atoms with Crippen molar-refractivity contribution in [2.45, 2.75) is 6.92 Å². The molecular weight excluding hydrogens is 256 g/mol. The molecule has 1 saturated heterocycles. The molecule has 1 aliphatic heterocycles. The molecule has 1 aromatic heterocycles. The summed E-state index contributed by atoms with van der Waals surface area (Å²) in [6.45, 7) is 3.65. The molecule has 0 radical (unpaired) electrons. The molecule has 2 heterocycles. The number of carbonyl (C=O) groups is 1. The fourth-order valence-electron chi connectivity index (χ4n) is 1.72. The number of carbonyl (C=O) groups excluding carboxylic acids is 1. The monoisotopic (exact) mass is 268 g/mol. The molecule has 0 saturated carbocycles. The summed E-state index contributed by atoms with van der Waals surface area (Å²) in [6, 6.07) is 1.79. The minimum absolute atomic E-state index is 0.132. The molecule has 1 aromatic rings. The van der Waals surface area contributed by atoms with E-state index in [1.807, 2.05) is 11.8 Å². The maximum atomic E-state index is 12.0. The first-order chi connectivity index (χ1) is 7.22. The molecule has 2 rings (SSSR count). The van der Waals surface area contributed by atoms with Gasteiger partial charge in [0.05, 0.1) is 0 Å². The van der Waals surface area contributed by atoms with Crippen molar-refractivity contribution in [1.82, 2.24) is 9.88 Å². The molecule has 1 fully saturated rings. The second-order valence-electron chi connectivity index (χ2n) is 3.92. The van der Waals surface area contributed by atoms with Crippen LogP contribution in [-0.2, 0) is 0 Å². The van der Waals surface area contributed by atoms with Crippen molar-refractivity contribution >= 4 is 21.8 Å². The van der Waals surface area contributed by atoms with Gasteiger partial charge in [-0.2, -0.15) is 0 Å². The van der Waals surface area contributed by atoms with Gasteiger partial charge in [-0.25, -0.2) is 0 Å². The second kappa shape index (κ2) is 4.31. The fourth-order valence-corrected chi connectivity index (χ4v) is 2.13. The van der Waals surface area contributed by atoms with E-state index in [9.17, 15) is 4.79 Å². The van der Waals surface area contributed by atoms with Gasteiger partial charge in [0.1, 0.15) is 0 Å². The van der Waals surface area contributed by atoms with Gasteiger partial charge in [-0.15, -0.1) is 0 Å². The quantitative estimate of drug-likeness (QED) is 0.768. The molecule has 1 aliphatic rings. The normalized spacial score (nSPS) is 16.3. The van der Waals surface area contributed by atoms with Crippen LogP contribution >= 0.6 is 15.9 Å². The molecule has 0 bridgehead atoms. The lowest BCUT2D eigenvalue weighted by atomic mass is 10.0. The third kappa shape index (κ3) is 2.04. The number of rotatable bonds is 2. The van der Waals surface area contributed by atoms with Crippen molar-refractivity contribution in [3.05, 3.63) is 29.6 Å². The standard InChI is InChI=1S/C11H13BrN2O/c1-8-5-13-3-2-10(8)11(15)14-6-9(4-12)7-14/h2-3,5,9H,4,6-7H2,1H3. The Morgan fingerprint density at radius 2 is 2.40 bits per heavy atom. The number of nitrogens with zero attached hydrogens (tertiary/aromatic N) is 2. The van der Waals surface area contributed by atoms with Gasteiger partial charge in [0, 0.05) is 42.3 Å². The zero-order valence-corrected chi connectivity index (χ0v) is 10.2. The molecule has 4 heteroatoms. The van der Waals surface area contributed by atoms with Crippen molar-refractivity contribution in [3.8, 4) is 0 Å². The minimum atomic E-state index is 0.132. The van der Waals surface area contributed by atoms with Crippen LogP contribution in [0.15, 0.2) is 18.5 Å². The van der Waals surface area contributed by atoms with Gasteiger partial charge in [-0.05, 0) is 18.6 Å². The lowest BCUT2D eigenvalue weighted by Crippen LogP contribution is -2.50. The third-order valence-electron chi connectivity index (χ3n) is 2.71. The summed E-state index contributed by atoms with van der Waals surface area (Å²) in [5, 5.41) is 0.978. The summed E-state index contributed by atoms with van der Waals surface area (Å²) in [4.78, 5) is 17.9. The number of hydrogen-bond acceptors (Lipinski definition) is 2. The van der Waals surface area contributed by atoms with Gasteiger partial charge in [0.2, 0.25) is 0 Å². The van der Waals surface area contributed by atoms with Crippen LogP contribution in [0.5, 0.6) is 0 Å². The van der Waals surface area contributed by atoms with Crippen LogP contribution in [-0.4, -0.2) is 34.2 Å². The molecule has 0 N–H and O–H groups in total. The zero-order chi connectivity index (χ0) is 10.8. The molecule has 15 heavy (non-hydrogen) atoms. The van der Waals surface area contributed by atoms with Crippen molar-refractivity contribution < 1.29 is 4.79 Å². The Balaban J connectivity index is 2.07. The van der Waals surface area contributed by atoms with Gasteiger partial charge < -0.3 is 4.90 Å². The fraction of sp³-hybridized carbons (Fsp3) is 0.455. The maximum Gasteiger partial charge on any atom is 0.254 e. The van der Waals surface area contributed by atoms with E-state index in [-0.39, 0.29) is 5.91 Å². The first-order valence-electron chi connectivity index (χ1n) is 4.98. The molecule has 0 aliphatic carbocycles. The highest BCUT2D eigenvalue weighted by molar-refractivity contribution is 9.09. The van der Waals surface area contributed by atoms with Gasteiger partial charge in [-0.3, -0.25) is 9.78 Å². The first-order valence-corrected chi connectivity index (χ1v) is 6.10. The number of aromatic nitrogens is 1. The average molecular weight is 269 g/mol. The molecule has 3 nitrogen and oxygen atoms in total. The van der Waals surface area contributed by atoms with E-state index >= 15 is 0 Å². The molecule has 1 amide bonds. The summed E-state index contributed by atoms with van der Waals surface area (Å²) in [5.74, 6) is 0.753. The van der Waals surface area contributed by atoms with E-state index in [4.69, 9.17) is 0 Å². The number of likely N-dealkylation sites (tertiary alicyclic amines) is 1. The van der Waals surface area contributed by atoms with E-state index in [1.165, 1.54) is 0 Å². The summed E-state index contributed by atoms with van der Waals surface area (Å²) in [6.07, 6.45) is 3.40. The Bertz CT molecular complexity index is 375. The van der Waals surface area contributed by atoms with E-state index in [0.29, 0.717) is 5.92 Å². The number of aryl methyl sites for hydroxylation is 1. The van der Waals surface area contributed by atoms with Crippen molar-refractivity contribution in [1.29, 1.82) is 0 Å². The lowest BCUT2D eigenvalue weighted by Gasteiger charge is -2.38. The SMILES string of the molecule is Cc1cnccc1C(=O)N1CC(CBr)C1. The number of pyridine rings is 1. The van der Waals surface area contributed by atoms with Crippen LogP contribution in [0.4, 0.5) is 0 Å². The third-order valence-corrected chi connectivity index (χ3v) is 3.63. The topological polar surface area (TPSA) is 33.2 Å². The summed E-state index contributed by atoms with van der Waals surface area (Å²) >= 11 is 3.43. The Kier molecular flexibility index (Phi) is 3.05. The highest BCUT2D eigenvalue weighted by atomic mass is 79.9. The smallest absolute Gasteiger partial charge is 0.254 e. The summed E-state index contributed by atoms with van der Waals surface area (Å²) in [5.41, 5.74) is 1.72. The van der Waals surface area contributed by atoms with Crippen molar-refractivity contribution in [2.75, 3.05) is 18.4 Å². The molecular formula is C11H13BrN2O. The highest BCUT2D eigenvalue weighted by Crippen LogP contribution is 2.21. The molecule has 80 valence electrons. The Hall–Kier alpha value is -0.900. The van der Waals surface area contributed by atoms with E-state index in [2.05, 4.69) is 20.9 Å². The van der Waals surface area contributed by atoms with Gasteiger partial charge >= 0.3 is 0 Å². The van der Waals surface area contributed by atoms with Crippen LogP contribution < -0.4 is 0 Å². The van der Waals surface area contributed by atoms with Crippen molar-refractivity contribution in [2.24, 2.45) is 5.92 Å². The number of amides is 1. The first kappa shape index (κ1) is 10.6. The van der Waals surface area contributed by atoms with Gasteiger partial charge in [-0.1, -0.05) is 15.9 Å². The van der Waals surface area contributed by atoms with Gasteiger partial charge in [0.25, 0.3) is 5.91 Å². The highest BCUT2D eigenvalue weighted by Gasteiger charge is 2.30. The van der Waals surface area contributed by atoms with E-state index < -0.39 is 0 Å². The summed E-state index contributed by atoms with van der Waals surface area (Å²) in [7, 11) is 0. The Morgan fingerprint density at radius 3 is 3.00 bits per heavy atom. The molecule has 0 atom stereocenters. The van der Waals surface area contributed by atoms with Crippen LogP contribution in [0, 0.1) is 12.8 Å². The van der Waals surface area contributed by atoms with E-state index in [0.717, 1.165) is 29.5 Å². The lowest BCUT2D eigenvalue weighted by molar-refractivity contribution is 0.0538. The molecule has 0 spiro atoms. The summed E-state index contributed by atoms with van der Waals surface area (Å²) < 4.78 is 0. The van der Waals surface area contributed by atoms with Gasteiger partial charge in [0.15, 0.2) is 0 Å². The predicted molar refractivity (Wildman–Crippen MR) is 62.2 cm³/mol. The second-order valence-corrected chi connectivity index (χ2v) is 4.57. The largest absolute Gasteiger partial charge is 0.338 e. The van der Waals surface area contributed by atoms with Crippen LogP contribution in [0.1, 0.15) is 15.9 Å². The Labute approximate surface area is 97.6 Å². The minimum Gasteiger partial charge on any atom is -0.338 e. The van der Waals surface area contributed by atoms with Crippen molar-refractivity contribution in [3.63, 3.8) is 0 Å². The van der Waals surface area contributed by atoms with Crippen LogP contribution in [0.3, 0.4) is 0 Å². The van der Waals surface area contributed by atoms with Crippen LogP contribution in [0.25, 0.3) is 0 Å². The van der Waals surface area contributed by atoms with E-state index in [1.54, 1.807) is 18.5 Å². The maximum absolute atomic E-state index is 12.0. The molecule has 0 aromatic carbocycles. The number of halogens is 1. The number of hydrogen-bond donors (Lipinski definition) is 0. The zero-order valence-electron chi connectivity index (χ0n) is 8.61. The van der Waals surface area contributed by atoms with Crippen LogP contribution in [0.2, 0.25) is 0 Å².